The molecule has 1 aliphatic carbocycles. The van der Waals surface area contributed by atoms with Crippen molar-refractivity contribution in [3.8, 4) is 0 Å². The number of anilines is 1. The van der Waals surface area contributed by atoms with Gasteiger partial charge in [-0.3, -0.25) is 4.99 Å². The van der Waals surface area contributed by atoms with Gasteiger partial charge in [0.25, 0.3) is 0 Å². The minimum absolute atomic E-state index is 0.215. The van der Waals surface area contributed by atoms with Crippen LogP contribution in [0.2, 0.25) is 0 Å². The Morgan fingerprint density at radius 3 is 2.63 bits per heavy atom. The topological polar surface area (TPSA) is 39.5 Å². The van der Waals surface area contributed by atoms with Gasteiger partial charge in [0.05, 0.1) is 11.4 Å². The molecule has 4 rings (SSSR count). The zero-order valence-corrected chi connectivity index (χ0v) is 16.7. The van der Waals surface area contributed by atoms with Crippen LogP contribution in [0.1, 0.15) is 25.8 Å². The van der Waals surface area contributed by atoms with Gasteiger partial charge in [0.15, 0.2) is 0 Å². The molecule has 0 spiro atoms. The minimum Gasteiger partial charge on any atom is -0.372 e. The van der Waals surface area contributed by atoms with E-state index in [0.717, 1.165) is 47.9 Å². The average Bonchev–Trinajstić information content (AvgIpc) is 2.69. The summed E-state index contributed by atoms with van der Waals surface area (Å²) in [6.45, 7) is 6.38. The van der Waals surface area contributed by atoms with Crippen LogP contribution in [0.15, 0.2) is 69.4 Å². The van der Waals surface area contributed by atoms with E-state index >= 15 is 0 Å². The third kappa shape index (κ3) is 3.72. The Labute approximate surface area is 165 Å². The van der Waals surface area contributed by atoms with Crippen LogP contribution in [-0.2, 0) is 6.42 Å². The van der Waals surface area contributed by atoms with E-state index in [2.05, 4.69) is 61.2 Å². The third-order valence-electron chi connectivity index (χ3n) is 5.32. The predicted molar refractivity (Wildman–Crippen MR) is 117 cm³/mol. The van der Waals surface area contributed by atoms with E-state index in [1.807, 2.05) is 12.1 Å². The lowest BCUT2D eigenvalue weighted by molar-refractivity contribution is 0.713. The lowest BCUT2D eigenvalue weighted by atomic mass is 9.85. The second-order valence-electron chi connectivity index (χ2n) is 7.04. The third-order valence-corrected chi connectivity index (χ3v) is 6.44. The fraction of sp³-hybridized carbons (Fsp3) is 0.304. The number of aliphatic imine (C=N–C) groups is 1. The number of thioether (sulfide) groups is 1. The molecule has 2 aromatic rings. The van der Waals surface area contributed by atoms with Gasteiger partial charge in [0, 0.05) is 40.2 Å². The maximum absolute atomic E-state index is 8.52. The van der Waals surface area contributed by atoms with Gasteiger partial charge in [0.1, 0.15) is 0 Å². The zero-order chi connectivity index (χ0) is 18.8. The molecule has 0 aromatic heterocycles. The van der Waals surface area contributed by atoms with Gasteiger partial charge in [-0.25, -0.2) is 0 Å². The van der Waals surface area contributed by atoms with Crippen LogP contribution < -0.4 is 4.90 Å². The van der Waals surface area contributed by atoms with E-state index in [1.54, 1.807) is 11.8 Å². The highest BCUT2D eigenvalue weighted by molar-refractivity contribution is 8.04. The van der Waals surface area contributed by atoms with E-state index in [-0.39, 0.29) is 5.92 Å². The molecule has 27 heavy (non-hydrogen) atoms. The Morgan fingerprint density at radius 2 is 1.89 bits per heavy atom. The van der Waals surface area contributed by atoms with Gasteiger partial charge in [-0.15, -0.1) is 0 Å². The molecule has 0 saturated carbocycles. The number of fused-ring (bicyclic) bond motifs is 2. The highest BCUT2D eigenvalue weighted by atomic mass is 32.2. The molecule has 0 fully saturated rings. The van der Waals surface area contributed by atoms with Gasteiger partial charge in [-0.2, -0.15) is 0 Å². The molecule has 1 aliphatic heterocycles. The molecule has 1 N–H and O–H groups in total. The molecule has 3 nitrogen and oxygen atoms in total. The molecule has 2 aromatic carbocycles. The Morgan fingerprint density at radius 1 is 1.11 bits per heavy atom. The molecule has 1 atom stereocenters. The van der Waals surface area contributed by atoms with Crippen LogP contribution in [0.25, 0.3) is 0 Å². The van der Waals surface area contributed by atoms with Crippen LogP contribution in [0.4, 0.5) is 11.4 Å². The Bertz CT molecular complexity index is 910. The summed E-state index contributed by atoms with van der Waals surface area (Å²) in [5.74, 6) is 0.215. The summed E-state index contributed by atoms with van der Waals surface area (Å²) in [7, 11) is 0. The molecule has 2 aliphatic rings. The number of nitrogens with one attached hydrogen (secondary N) is 1. The lowest BCUT2D eigenvalue weighted by Gasteiger charge is -2.28. The summed E-state index contributed by atoms with van der Waals surface area (Å²) in [5, 5.41) is 8.52. The van der Waals surface area contributed by atoms with Gasteiger partial charge >= 0.3 is 0 Å². The molecule has 0 saturated heterocycles. The van der Waals surface area contributed by atoms with Crippen molar-refractivity contribution >= 4 is 34.6 Å². The molecule has 0 radical (unpaired) electrons. The smallest absolute Gasteiger partial charge is 0.0774 e. The first-order valence-electron chi connectivity index (χ1n) is 9.66. The van der Waals surface area contributed by atoms with Crippen molar-refractivity contribution in [2.24, 2.45) is 10.9 Å². The first-order chi connectivity index (χ1) is 13.2. The monoisotopic (exact) mass is 375 g/mol. The van der Waals surface area contributed by atoms with Crippen molar-refractivity contribution in [3.63, 3.8) is 0 Å². The van der Waals surface area contributed by atoms with Crippen molar-refractivity contribution in [1.29, 1.82) is 5.41 Å². The van der Waals surface area contributed by atoms with Crippen LogP contribution in [0.3, 0.4) is 0 Å². The number of benzene rings is 2. The van der Waals surface area contributed by atoms with Crippen molar-refractivity contribution in [1.82, 2.24) is 0 Å². The molecule has 0 bridgehead atoms. The lowest BCUT2D eigenvalue weighted by Crippen LogP contribution is -2.25. The van der Waals surface area contributed by atoms with Gasteiger partial charge in [0.2, 0.25) is 0 Å². The minimum atomic E-state index is 0.215. The van der Waals surface area contributed by atoms with Crippen molar-refractivity contribution < 1.29 is 0 Å². The largest absolute Gasteiger partial charge is 0.372 e. The number of hydrogen-bond acceptors (Lipinski definition) is 4. The highest BCUT2D eigenvalue weighted by Crippen LogP contribution is 2.44. The summed E-state index contributed by atoms with van der Waals surface area (Å²) >= 11 is 1.77. The summed E-state index contributed by atoms with van der Waals surface area (Å²) in [5.41, 5.74) is 5.47. The predicted octanol–water partition coefficient (Wildman–Crippen LogP) is 5.88. The highest BCUT2D eigenvalue weighted by Gasteiger charge is 2.28. The average molecular weight is 376 g/mol. The van der Waals surface area contributed by atoms with E-state index in [4.69, 9.17) is 10.4 Å². The quantitative estimate of drug-likeness (QED) is 0.709. The van der Waals surface area contributed by atoms with E-state index in [9.17, 15) is 0 Å². The van der Waals surface area contributed by atoms with Gasteiger partial charge < -0.3 is 10.3 Å². The molecule has 0 amide bonds. The van der Waals surface area contributed by atoms with E-state index < -0.39 is 0 Å². The zero-order valence-electron chi connectivity index (χ0n) is 15.9. The van der Waals surface area contributed by atoms with Crippen LogP contribution in [0, 0.1) is 11.3 Å². The maximum Gasteiger partial charge on any atom is 0.0774 e. The first kappa shape index (κ1) is 18.1. The molecular weight excluding hydrogens is 350 g/mol. The van der Waals surface area contributed by atoms with Crippen molar-refractivity contribution in [2.75, 3.05) is 18.0 Å². The summed E-state index contributed by atoms with van der Waals surface area (Å²) in [6, 6.07) is 17.0. The van der Waals surface area contributed by atoms with Gasteiger partial charge in [-0.1, -0.05) is 42.1 Å². The van der Waals surface area contributed by atoms with E-state index in [1.165, 1.54) is 16.1 Å². The SMILES string of the molecule is CCN(CC)c1ccc2c(c1)SC1=CC(=N)C(Cc3ccccc3)CC1=N2. The molecular formula is C23H25N3S. The second kappa shape index (κ2) is 7.73. The van der Waals surface area contributed by atoms with Crippen LogP contribution >= 0.6 is 11.8 Å². The number of nitrogens with zero attached hydrogens (tertiary/aromatic N) is 2. The number of allylic oxidation sites excluding steroid dienone is 2. The second-order valence-corrected chi connectivity index (χ2v) is 8.12. The summed E-state index contributed by atoms with van der Waals surface area (Å²) in [6.07, 6.45) is 3.79. The fourth-order valence-corrected chi connectivity index (χ4v) is 4.85. The molecule has 138 valence electrons. The Balaban J connectivity index is 1.60. The number of hydrogen-bond donors (Lipinski definition) is 1. The van der Waals surface area contributed by atoms with Crippen LogP contribution in [0.5, 0.6) is 0 Å². The molecule has 4 heteroatoms. The van der Waals surface area contributed by atoms with Crippen molar-refractivity contribution in [2.45, 2.75) is 31.6 Å². The number of rotatable bonds is 5. The molecule has 1 unspecified atom stereocenters. The fourth-order valence-electron chi connectivity index (χ4n) is 3.78. The maximum atomic E-state index is 8.52. The Kier molecular flexibility index (Phi) is 5.17. The van der Waals surface area contributed by atoms with Crippen molar-refractivity contribution in [3.05, 3.63) is 65.1 Å². The Hall–Kier alpha value is -2.33. The van der Waals surface area contributed by atoms with E-state index in [0.29, 0.717) is 0 Å². The normalized spacial score (nSPS) is 18.3. The molecule has 1 heterocycles. The van der Waals surface area contributed by atoms with Crippen LogP contribution in [-0.4, -0.2) is 24.5 Å². The van der Waals surface area contributed by atoms with Gasteiger partial charge in [-0.05, 0) is 56.5 Å². The summed E-state index contributed by atoms with van der Waals surface area (Å²) < 4.78 is 0. The first-order valence-corrected chi connectivity index (χ1v) is 10.5. The standard InChI is InChI=1S/C23H25N3S/c1-3-26(4-2)18-10-11-20-22(14-18)27-23-15-19(24)17(13-21(23)25-20)12-16-8-6-5-7-9-16/h5-11,14-15,17,24H,3-4,12-13H2,1-2H3. The summed E-state index contributed by atoms with van der Waals surface area (Å²) in [4.78, 5) is 9.66.